The first-order valence-corrected chi connectivity index (χ1v) is 10.3. The van der Waals surface area contributed by atoms with Crippen LogP contribution in [0.1, 0.15) is 33.4 Å². The molecule has 0 fully saturated rings. The lowest BCUT2D eigenvalue weighted by atomic mass is 9.93. The Morgan fingerprint density at radius 1 is 1.28 bits per heavy atom. The Labute approximate surface area is 172 Å². The minimum atomic E-state index is -0.648. The lowest BCUT2D eigenvalue weighted by Crippen LogP contribution is -2.32. The molecule has 1 aliphatic heterocycles. The monoisotopic (exact) mass is 410 g/mol. The number of rotatable bonds is 7. The van der Waals surface area contributed by atoms with E-state index in [1.165, 1.54) is 11.3 Å². The van der Waals surface area contributed by atoms with E-state index in [4.69, 9.17) is 4.74 Å². The summed E-state index contributed by atoms with van der Waals surface area (Å²) < 4.78 is 5.13. The lowest BCUT2D eigenvalue weighted by Gasteiger charge is -2.27. The predicted molar refractivity (Wildman–Crippen MR) is 112 cm³/mol. The number of aromatic amines is 1. The minimum absolute atomic E-state index is 0.141. The minimum Gasteiger partial charge on any atom is -0.503 e. The van der Waals surface area contributed by atoms with Gasteiger partial charge in [0, 0.05) is 42.4 Å². The number of aromatic nitrogens is 1. The largest absolute Gasteiger partial charge is 0.503 e. The van der Waals surface area contributed by atoms with Gasteiger partial charge in [-0.05, 0) is 30.9 Å². The average Bonchev–Trinajstić information content (AvgIpc) is 3.41. The van der Waals surface area contributed by atoms with Crippen LogP contribution in [0.25, 0.3) is 10.9 Å². The molecule has 1 unspecified atom stereocenters. The maximum Gasteiger partial charge on any atom is 0.290 e. The van der Waals surface area contributed by atoms with Gasteiger partial charge in [0.1, 0.15) is 0 Å². The maximum absolute atomic E-state index is 13.3. The zero-order chi connectivity index (χ0) is 20.5. The highest BCUT2D eigenvalue weighted by molar-refractivity contribution is 7.12. The van der Waals surface area contributed by atoms with Crippen molar-refractivity contribution in [3.8, 4) is 0 Å². The molecule has 0 aliphatic carbocycles. The first-order valence-electron chi connectivity index (χ1n) is 9.43. The summed E-state index contributed by atoms with van der Waals surface area (Å²) in [6.45, 7) is 2.79. The van der Waals surface area contributed by atoms with E-state index in [0.29, 0.717) is 24.4 Å². The normalized spacial score (nSPS) is 17.0. The summed E-state index contributed by atoms with van der Waals surface area (Å²) in [6, 6.07) is 10.6. The smallest absolute Gasteiger partial charge is 0.290 e. The van der Waals surface area contributed by atoms with Crippen LogP contribution in [0.5, 0.6) is 0 Å². The first-order chi connectivity index (χ1) is 14.0. The molecule has 7 heteroatoms. The number of aryl methyl sites for hydroxylation is 1. The number of ether oxygens (including phenoxy) is 1. The Balaban J connectivity index is 1.87. The molecule has 1 aromatic carbocycles. The van der Waals surface area contributed by atoms with E-state index in [9.17, 15) is 14.7 Å². The van der Waals surface area contributed by atoms with E-state index in [1.54, 1.807) is 24.1 Å². The van der Waals surface area contributed by atoms with Gasteiger partial charge in [-0.15, -0.1) is 11.3 Å². The van der Waals surface area contributed by atoms with Gasteiger partial charge in [-0.2, -0.15) is 0 Å². The van der Waals surface area contributed by atoms with Crippen LogP contribution in [0.3, 0.4) is 0 Å². The van der Waals surface area contributed by atoms with Gasteiger partial charge >= 0.3 is 0 Å². The molecule has 1 amide bonds. The lowest BCUT2D eigenvalue weighted by molar-refractivity contribution is -0.129. The van der Waals surface area contributed by atoms with Gasteiger partial charge in [-0.1, -0.05) is 24.3 Å². The van der Waals surface area contributed by atoms with E-state index in [-0.39, 0.29) is 11.4 Å². The van der Waals surface area contributed by atoms with Crippen molar-refractivity contribution in [2.45, 2.75) is 19.4 Å². The number of benzene rings is 1. The van der Waals surface area contributed by atoms with Gasteiger partial charge < -0.3 is 19.7 Å². The average molecular weight is 410 g/mol. The number of hydrogen-bond acceptors (Lipinski definition) is 5. The number of aliphatic hydroxyl groups is 1. The van der Waals surface area contributed by atoms with Crippen LogP contribution in [-0.4, -0.2) is 46.9 Å². The number of aliphatic hydroxyl groups excluding tert-OH is 1. The van der Waals surface area contributed by atoms with Crippen LogP contribution in [0.2, 0.25) is 0 Å². The highest BCUT2D eigenvalue weighted by atomic mass is 32.1. The number of carbonyl (C=O) groups is 2. The highest BCUT2D eigenvalue weighted by Gasteiger charge is 2.45. The van der Waals surface area contributed by atoms with Crippen molar-refractivity contribution in [3.63, 3.8) is 0 Å². The topological polar surface area (TPSA) is 82.6 Å². The van der Waals surface area contributed by atoms with Crippen molar-refractivity contribution in [3.05, 3.63) is 69.2 Å². The van der Waals surface area contributed by atoms with Crippen LogP contribution >= 0.6 is 11.3 Å². The van der Waals surface area contributed by atoms with Crippen molar-refractivity contribution in [1.82, 2.24) is 9.88 Å². The van der Waals surface area contributed by atoms with Gasteiger partial charge in [0.15, 0.2) is 5.76 Å². The van der Waals surface area contributed by atoms with E-state index in [2.05, 4.69) is 4.98 Å². The van der Waals surface area contributed by atoms with E-state index in [1.807, 2.05) is 36.6 Å². The third-order valence-corrected chi connectivity index (χ3v) is 6.13. The second-order valence-electron chi connectivity index (χ2n) is 7.03. The third-order valence-electron chi connectivity index (χ3n) is 5.26. The Bertz CT molecular complexity index is 1100. The van der Waals surface area contributed by atoms with Crippen LogP contribution in [0.15, 0.2) is 53.1 Å². The van der Waals surface area contributed by atoms with Crippen molar-refractivity contribution in [2.75, 3.05) is 20.3 Å². The fourth-order valence-corrected chi connectivity index (χ4v) is 4.66. The number of thiophene rings is 1. The molecular formula is C22H22N2O4S. The molecule has 3 aromatic rings. The summed E-state index contributed by atoms with van der Waals surface area (Å²) >= 11 is 1.30. The molecule has 1 aliphatic rings. The molecule has 6 nitrogen and oxygen atoms in total. The van der Waals surface area contributed by atoms with E-state index < -0.39 is 17.7 Å². The Kier molecular flexibility index (Phi) is 5.25. The molecule has 4 rings (SSSR count). The molecule has 0 saturated heterocycles. The molecule has 2 aromatic heterocycles. The standard InChI is InChI=1S/C22H22N2O4S/c1-13-17(14-7-3-4-8-15(14)23-13)19-18(20(25)16-9-5-12-29-16)21(26)22(27)24(19)10-6-11-28-2/h3-5,7-9,12,19,23,26H,6,10-11H2,1-2H3. The third kappa shape index (κ3) is 3.26. The molecule has 1 atom stereocenters. The molecule has 0 spiro atoms. The molecule has 2 N–H and O–H groups in total. The zero-order valence-corrected chi connectivity index (χ0v) is 17.1. The molecule has 0 saturated carbocycles. The van der Waals surface area contributed by atoms with Gasteiger partial charge in [0.25, 0.3) is 5.91 Å². The molecule has 29 heavy (non-hydrogen) atoms. The molecule has 0 radical (unpaired) electrons. The number of para-hydroxylation sites is 1. The van der Waals surface area contributed by atoms with Gasteiger partial charge in [0.05, 0.1) is 16.5 Å². The van der Waals surface area contributed by atoms with Crippen LogP contribution < -0.4 is 0 Å². The van der Waals surface area contributed by atoms with Gasteiger partial charge in [-0.25, -0.2) is 0 Å². The summed E-state index contributed by atoms with van der Waals surface area (Å²) in [5.41, 5.74) is 2.78. The molecule has 150 valence electrons. The SMILES string of the molecule is COCCCN1C(=O)C(O)=C(C(=O)c2cccs2)C1c1c(C)[nH]c2ccccc12. The molecule has 0 bridgehead atoms. The molecule has 3 heterocycles. The van der Waals surface area contributed by atoms with Crippen molar-refractivity contribution >= 4 is 33.9 Å². The number of Topliss-reactive ketones (excluding diaryl/α,β-unsaturated/α-hetero) is 1. The highest BCUT2D eigenvalue weighted by Crippen LogP contribution is 2.43. The second-order valence-corrected chi connectivity index (χ2v) is 7.97. The first kappa shape index (κ1) is 19.4. The Morgan fingerprint density at radius 2 is 2.07 bits per heavy atom. The predicted octanol–water partition coefficient (Wildman–Crippen LogP) is 4.15. The number of hydrogen-bond donors (Lipinski definition) is 2. The van der Waals surface area contributed by atoms with E-state index in [0.717, 1.165) is 22.2 Å². The summed E-state index contributed by atoms with van der Waals surface area (Å²) in [5.74, 6) is -1.29. The van der Waals surface area contributed by atoms with Gasteiger partial charge in [-0.3, -0.25) is 9.59 Å². The fraction of sp³-hybridized carbons (Fsp3) is 0.273. The number of ketones is 1. The number of H-pyrrole nitrogens is 1. The summed E-state index contributed by atoms with van der Waals surface area (Å²) in [4.78, 5) is 31.6. The van der Waals surface area contributed by atoms with Gasteiger partial charge in [0.2, 0.25) is 5.78 Å². The summed E-state index contributed by atoms with van der Waals surface area (Å²) in [6.07, 6.45) is 0.605. The number of carbonyl (C=O) groups excluding carboxylic acids is 2. The quantitative estimate of drug-likeness (QED) is 0.453. The number of fused-ring (bicyclic) bond motifs is 1. The number of methoxy groups -OCH3 is 1. The molecular weight excluding hydrogens is 388 g/mol. The maximum atomic E-state index is 13.3. The Hall–Kier alpha value is -2.90. The van der Waals surface area contributed by atoms with Crippen LogP contribution in [0, 0.1) is 6.92 Å². The zero-order valence-electron chi connectivity index (χ0n) is 16.3. The number of nitrogens with one attached hydrogen (secondary N) is 1. The Morgan fingerprint density at radius 3 is 2.79 bits per heavy atom. The van der Waals surface area contributed by atoms with Crippen LogP contribution in [-0.2, 0) is 9.53 Å². The fourth-order valence-electron chi connectivity index (χ4n) is 3.99. The number of nitrogens with zero attached hydrogens (tertiary/aromatic N) is 1. The van der Waals surface area contributed by atoms with E-state index >= 15 is 0 Å². The second kappa shape index (κ2) is 7.85. The van der Waals surface area contributed by atoms with Crippen LogP contribution in [0.4, 0.5) is 0 Å². The summed E-state index contributed by atoms with van der Waals surface area (Å²) in [7, 11) is 1.61. The van der Waals surface area contributed by atoms with Crippen molar-refractivity contribution < 1.29 is 19.4 Å². The summed E-state index contributed by atoms with van der Waals surface area (Å²) in [5, 5.41) is 13.5. The number of amides is 1. The van der Waals surface area contributed by atoms with Crippen molar-refractivity contribution in [2.24, 2.45) is 0 Å². The van der Waals surface area contributed by atoms with Crippen molar-refractivity contribution in [1.29, 1.82) is 0 Å².